The summed E-state index contributed by atoms with van der Waals surface area (Å²) in [6, 6.07) is 7.21. The van der Waals surface area contributed by atoms with E-state index in [1.165, 1.54) is 6.20 Å². The van der Waals surface area contributed by atoms with Gasteiger partial charge in [0.1, 0.15) is 17.5 Å². The van der Waals surface area contributed by atoms with E-state index in [-0.39, 0.29) is 6.10 Å². The van der Waals surface area contributed by atoms with Gasteiger partial charge in [-0.2, -0.15) is 5.26 Å². The van der Waals surface area contributed by atoms with Crippen LogP contribution in [0.2, 0.25) is 0 Å². The molecular weight excluding hydrogens is 370 g/mol. The standard InChI is InChI=1S/C19H23N9O/c1-22-9-13(7-20)19-17(25-12-16-11-23-4-5-29-16)6-18(27-28-19)26-15-3-2-14(8-21)24-10-15/h2-3,6-7,9-10,16,23H,4-5,11-12,20H2,1H3,(H2,25,26,27)/b13-7+,22-9?. The molecule has 0 amide bonds. The second kappa shape index (κ2) is 10.1. The summed E-state index contributed by atoms with van der Waals surface area (Å²) in [5.41, 5.74) is 8.78. The summed E-state index contributed by atoms with van der Waals surface area (Å²) in [4.78, 5) is 8.07. The molecule has 3 rings (SSSR count). The van der Waals surface area contributed by atoms with E-state index < -0.39 is 0 Å². The smallest absolute Gasteiger partial charge is 0.155 e. The third kappa shape index (κ3) is 5.47. The number of nitriles is 1. The number of pyridine rings is 1. The van der Waals surface area contributed by atoms with Gasteiger partial charge in [-0.25, -0.2) is 4.98 Å². The normalized spacial score (nSPS) is 17.1. The third-order valence-electron chi connectivity index (χ3n) is 4.19. The molecule has 2 aromatic heterocycles. The molecule has 0 radical (unpaired) electrons. The quantitative estimate of drug-likeness (QED) is 0.503. The van der Waals surface area contributed by atoms with Crippen LogP contribution in [0.1, 0.15) is 11.4 Å². The highest BCUT2D eigenvalue weighted by atomic mass is 16.5. The van der Waals surface area contributed by atoms with Crippen LogP contribution in [-0.4, -0.2) is 60.8 Å². The van der Waals surface area contributed by atoms with Crippen LogP contribution in [0, 0.1) is 11.3 Å². The predicted molar refractivity (Wildman–Crippen MR) is 112 cm³/mol. The van der Waals surface area contributed by atoms with Crippen LogP contribution < -0.4 is 21.7 Å². The van der Waals surface area contributed by atoms with Gasteiger partial charge in [0.05, 0.1) is 30.3 Å². The maximum absolute atomic E-state index is 8.87. The Morgan fingerprint density at radius 3 is 3.03 bits per heavy atom. The van der Waals surface area contributed by atoms with Crippen LogP contribution >= 0.6 is 0 Å². The molecule has 1 aliphatic rings. The average Bonchev–Trinajstić information content (AvgIpc) is 2.77. The Hall–Kier alpha value is -3.55. The number of nitrogens with one attached hydrogen (secondary N) is 3. The number of nitrogens with zero attached hydrogens (tertiary/aromatic N) is 5. The molecule has 1 aliphatic heterocycles. The summed E-state index contributed by atoms with van der Waals surface area (Å²) >= 11 is 0. The molecule has 0 bridgehead atoms. The molecule has 5 N–H and O–H groups in total. The van der Waals surface area contributed by atoms with Crippen LogP contribution in [-0.2, 0) is 4.74 Å². The largest absolute Gasteiger partial charge is 0.404 e. The first-order chi connectivity index (χ1) is 14.2. The van der Waals surface area contributed by atoms with Crippen molar-refractivity contribution in [2.45, 2.75) is 6.10 Å². The number of allylic oxidation sites excluding steroid dienone is 1. The van der Waals surface area contributed by atoms with Gasteiger partial charge in [-0.1, -0.05) is 0 Å². The SMILES string of the molecule is CN=C/C(=C\N)c1nnc(Nc2ccc(C#N)nc2)cc1NCC1CNCCO1. The summed E-state index contributed by atoms with van der Waals surface area (Å²) in [6.07, 6.45) is 4.69. The van der Waals surface area contributed by atoms with Crippen molar-refractivity contribution in [2.75, 3.05) is 43.9 Å². The number of morpholine rings is 1. The lowest BCUT2D eigenvalue weighted by atomic mass is 10.1. The van der Waals surface area contributed by atoms with Crippen LogP contribution in [0.15, 0.2) is 35.6 Å². The Bertz CT molecular complexity index is 912. The summed E-state index contributed by atoms with van der Waals surface area (Å²) in [5.74, 6) is 0.523. The monoisotopic (exact) mass is 393 g/mol. The molecule has 150 valence electrons. The van der Waals surface area contributed by atoms with Gasteiger partial charge in [0.25, 0.3) is 0 Å². The Morgan fingerprint density at radius 2 is 2.38 bits per heavy atom. The van der Waals surface area contributed by atoms with Gasteiger partial charge in [0.2, 0.25) is 0 Å². The predicted octanol–water partition coefficient (Wildman–Crippen LogP) is 0.887. The van der Waals surface area contributed by atoms with Crippen LogP contribution in [0.5, 0.6) is 0 Å². The summed E-state index contributed by atoms with van der Waals surface area (Å²) in [5, 5.41) is 27.2. The molecule has 1 fully saturated rings. The first kappa shape index (κ1) is 20.2. The fourth-order valence-electron chi connectivity index (χ4n) is 2.78. The summed E-state index contributed by atoms with van der Waals surface area (Å²) in [6.45, 7) is 2.92. The van der Waals surface area contributed by atoms with Gasteiger partial charge >= 0.3 is 0 Å². The van der Waals surface area contributed by atoms with Gasteiger partial charge in [-0.3, -0.25) is 4.99 Å². The molecule has 1 atom stereocenters. The van der Waals surface area contributed by atoms with E-state index in [0.717, 1.165) is 18.8 Å². The van der Waals surface area contributed by atoms with E-state index >= 15 is 0 Å². The molecule has 0 spiro atoms. The minimum absolute atomic E-state index is 0.0500. The lowest BCUT2D eigenvalue weighted by molar-refractivity contribution is 0.0372. The molecule has 10 heteroatoms. The molecule has 0 aromatic carbocycles. The van der Waals surface area contributed by atoms with Crippen molar-refractivity contribution in [2.24, 2.45) is 10.7 Å². The molecule has 1 saturated heterocycles. The van der Waals surface area contributed by atoms with Gasteiger partial charge in [0, 0.05) is 50.7 Å². The minimum atomic E-state index is 0.0500. The average molecular weight is 393 g/mol. The van der Waals surface area contributed by atoms with Crippen molar-refractivity contribution >= 4 is 29.0 Å². The fraction of sp³-hybridized carbons (Fsp3) is 0.316. The molecule has 2 aromatic rings. The van der Waals surface area contributed by atoms with Gasteiger partial charge < -0.3 is 26.4 Å². The number of ether oxygens (including phenoxy) is 1. The topological polar surface area (TPSA) is 146 Å². The van der Waals surface area contributed by atoms with Crippen LogP contribution in [0.25, 0.3) is 5.57 Å². The number of rotatable bonds is 7. The van der Waals surface area contributed by atoms with Crippen molar-refractivity contribution in [1.29, 1.82) is 5.26 Å². The number of anilines is 3. The minimum Gasteiger partial charge on any atom is -0.404 e. The van der Waals surface area contributed by atoms with Crippen LogP contribution in [0.4, 0.5) is 17.2 Å². The Kier molecular flexibility index (Phi) is 7.05. The van der Waals surface area contributed by atoms with Gasteiger partial charge in [0.15, 0.2) is 5.82 Å². The maximum Gasteiger partial charge on any atom is 0.155 e. The van der Waals surface area contributed by atoms with Gasteiger partial charge in [-0.15, -0.1) is 10.2 Å². The Balaban J connectivity index is 1.83. The molecule has 29 heavy (non-hydrogen) atoms. The van der Waals surface area contributed by atoms with E-state index in [9.17, 15) is 0 Å². The molecule has 3 heterocycles. The number of hydrogen-bond donors (Lipinski definition) is 4. The third-order valence-corrected chi connectivity index (χ3v) is 4.19. The summed E-state index contributed by atoms with van der Waals surface area (Å²) in [7, 11) is 1.67. The Labute approximate surface area is 168 Å². The van der Waals surface area contributed by atoms with Crippen molar-refractivity contribution in [1.82, 2.24) is 20.5 Å². The highest BCUT2D eigenvalue weighted by molar-refractivity contribution is 6.10. The van der Waals surface area contributed by atoms with Crippen molar-refractivity contribution < 1.29 is 4.74 Å². The van der Waals surface area contributed by atoms with E-state index in [0.29, 0.717) is 41.6 Å². The first-order valence-corrected chi connectivity index (χ1v) is 9.15. The molecular formula is C19H23N9O. The van der Waals surface area contributed by atoms with Crippen molar-refractivity contribution in [3.8, 4) is 6.07 Å². The summed E-state index contributed by atoms with van der Waals surface area (Å²) < 4.78 is 5.74. The number of nitrogens with two attached hydrogens (primary N) is 1. The number of aromatic nitrogens is 3. The highest BCUT2D eigenvalue weighted by Gasteiger charge is 2.16. The van der Waals surface area contributed by atoms with E-state index in [2.05, 4.69) is 36.1 Å². The highest BCUT2D eigenvalue weighted by Crippen LogP contribution is 2.24. The van der Waals surface area contributed by atoms with E-state index in [4.69, 9.17) is 15.7 Å². The molecule has 10 nitrogen and oxygen atoms in total. The second-order valence-electron chi connectivity index (χ2n) is 6.25. The lowest BCUT2D eigenvalue weighted by Crippen LogP contribution is -2.42. The first-order valence-electron chi connectivity index (χ1n) is 9.15. The fourth-order valence-corrected chi connectivity index (χ4v) is 2.78. The van der Waals surface area contributed by atoms with Crippen molar-refractivity contribution in [3.63, 3.8) is 0 Å². The van der Waals surface area contributed by atoms with Gasteiger partial charge in [-0.05, 0) is 12.1 Å². The number of hydrogen-bond acceptors (Lipinski definition) is 10. The van der Waals surface area contributed by atoms with Crippen LogP contribution in [0.3, 0.4) is 0 Å². The zero-order chi connectivity index (χ0) is 20.5. The zero-order valence-corrected chi connectivity index (χ0v) is 16.1. The Morgan fingerprint density at radius 1 is 1.48 bits per heavy atom. The zero-order valence-electron chi connectivity index (χ0n) is 16.1. The van der Waals surface area contributed by atoms with Crippen molar-refractivity contribution in [3.05, 3.63) is 42.0 Å². The number of aliphatic imine (C=N–C) groups is 1. The van der Waals surface area contributed by atoms with E-state index in [1.807, 2.05) is 12.1 Å². The maximum atomic E-state index is 8.87. The molecule has 1 unspecified atom stereocenters. The second-order valence-corrected chi connectivity index (χ2v) is 6.25. The molecule has 0 aliphatic carbocycles. The van der Waals surface area contributed by atoms with E-state index in [1.54, 1.807) is 31.6 Å². The lowest BCUT2D eigenvalue weighted by Gasteiger charge is -2.24. The molecule has 0 saturated carbocycles.